The first-order valence-electron chi connectivity index (χ1n) is 8.91. The van der Waals surface area contributed by atoms with Gasteiger partial charge in [-0.2, -0.15) is 0 Å². The summed E-state index contributed by atoms with van der Waals surface area (Å²) in [5.74, 6) is -1.50. The van der Waals surface area contributed by atoms with Gasteiger partial charge in [0, 0.05) is 17.7 Å². The minimum Gasteiger partial charge on any atom is -0.508 e. The Kier molecular flexibility index (Phi) is 5.00. The van der Waals surface area contributed by atoms with Crippen LogP contribution in [0, 0.1) is 0 Å². The molecule has 1 aliphatic rings. The summed E-state index contributed by atoms with van der Waals surface area (Å²) in [6.45, 7) is -0.352. The van der Waals surface area contributed by atoms with Crippen LogP contribution in [0.4, 0.5) is 0 Å². The number of aromatic hydroxyl groups is 3. The average Bonchev–Trinajstić information content (AvgIpc) is 2.70. The van der Waals surface area contributed by atoms with E-state index < -0.39 is 41.5 Å². The van der Waals surface area contributed by atoms with Gasteiger partial charge in [0.05, 0.1) is 6.61 Å². The number of rotatable bonds is 3. The van der Waals surface area contributed by atoms with E-state index in [0.29, 0.717) is 5.56 Å². The van der Waals surface area contributed by atoms with E-state index in [1.807, 2.05) is 0 Å². The zero-order valence-corrected chi connectivity index (χ0v) is 15.3. The van der Waals surface area contributed by atoms with Crippen LogP contribution >= 0.6 is 0 Å². The molecular weight excluding hydrogens is 400 g/mol. The van der Waals surface area contributed by atoms with Gasteiger partial charge in [0.15, 0.2) is 5.76 Å². The summed E-state index contributed by atoms with van der Waals surface area (Å²) >= 11 is 0. The van der Waals surface area contributed by atoms with E-state index in [1.165, 1.54) is 24.3 Å². The second-order valence-corrected chi connectivity index (χ2v) is 6.84. The number of hydrogen-bond donors (Lipinski definition) is 6. The van der Waals surface area contributed by atoms with Crippen LogP contribution in [0.3, 0.4) is 0 Å². The van der Waals surface area contributed by atoms with Crippen molar-refractivity contribution >= 4 is 11.0 Å². The Morgan fingerprint density at radius 1 is 0.933 bits per heavy atom. The molecule has 0 bridgehead atoms. The number of hydrogen-bond acceptors (Lipinski definition) is 10. The minimum absolute atomic E-state index is 0.0391. The van der Waals surface area contributed by atoms with Crippen LogP contribution in [0.25, 0.3) is 22.3 Å². The number of aliphatic hydroxyl groups excluding tert-OH is 3. The third-order valence-electron chi connectivity index (χ3n) is 4.74. The van der Waals surface area contributed by atoms with Crippen molar-refractivity contribution in [3.8, 4) is 34.3 Å². The highest BCUT2D eigenvalue weighted by molar-refractivity contribution is 5.88. The molecule has 10 nitrogen and oxygen atoms in total. The quantitative estimate of drug-likeness (QED) is 0.350. The molecule has 3 aromatic rings. The molecule has 1 aromatic heterocycles. The highest BCUT2D eigenvalue weighted by Gasteiger charge is 2.40. The van der Waals surface area contributed by atoms with Crippen molar-refractivity contribution in [2.24, 2.45) is 0 Å². The zero-order valence-electron chi connectivity index (χ0n) is 15.3. The summed E-state index contributed by atoms with van der Waals surface area (Å²) < 4.78 is 16.4. The number of ether oxygens (including phenoxy) is 2. The number of benzene rings is 2. The lowest BCUT2D eigenvalue weighted by atomic mass is 10.1. The fourth-order valence-corrected chi connectivity index (χ4v) is 3.18. The third-order valence-corrected chi connectivity index (χ3v) is 4.74. The summed E-state index contributed by atoms with van der Waals surface area (Å²) in [6, 6.07) is 7.65. The Morgan fingerprint density at radius 2 is 1.63 bits per heavy atom. The van der Waals surface area contributed by atoms with Crippen molar-refractivity contribution < 1.29 is 44.5 Å². The first-order valence-corrected chi connectivity index (χ1v) is 8.91. The molecule has 0 spiro atoms. The van der Waals surface area contributed by atoms with E-state index in [2.05, 4.69) is 0 Å². The lowest BCUT2D eigenvalue weighted by Gasteiger charge is -2.34. The van der Waals surface area contributed by atoms with Gasteiger partial charge in [0.25, 0.3) is 0 Å². The Morgan fingerprint density at radius 3 is 2.33 bits per heavy atom. The Bertz CT molecular complexity index is 1140. The highest BCUT2D eigenvalue weighted by Crippen LogP contribution is 2.37. The third kappa shape index (κ3) is 3.42. The van der Waals surface area contributed by atoms with Gasteiger partial charge in [-0.3, -0.25) is 4.79 Å². The first-order chi connectivity index (χ1) is 14.3. The topological polar surface area (TPSA) is 170 Å². The smallest absolute Gasteiger partial charge is 0.239 e. The molecule has 0 saturated carbocycles. The molecule has 2 heterocycles. The lowest BCUT2D eigenvalue weighted by Crippen LogP contribution is -2.55. The maximum atomic E-state index is 13.1. The molecular formula is C20H18O10. The van der Waals surface area contributed by atoms with Crippen LogP contribution in [0.15, 0.2) is 45.6 Å². The standard InChI is InChI=1S/C20H18O10/c21-9-3-1-8(2-4-9)18-19(30-20-17(27)15(25)12(24)7-28-20)16(26)14-11(23)5-10(22)6-13(14)29-18/h1-6,12,15,17,20-25,27H,7H2/t12-,15-,17+,20+/m0/s1. The van der Waals surface area contributed by atoms with Crippen LogP contribution in [-0.2, 0) is 4.74 Å². The molecule has 0 unspecified atom stereocenters. The highest BCUT2D eigenvalue weighted by atomic mass is 16.7. The number of fused-ring (bicyclic) bond motifs is 1. The van der Waals surface area contributed by atoms with E-state index in [0.717, 1.165) is 12.1 Å². The molecule has 0 radical (unpaired) electrons. The van der Waals surface area contributed by atoms with E-state index in [4.69, 9.17) is 13.9 Å². The molecule has 158 valence electrons. The molecule has 30 heavy (non-hydrogen) atoms. The predicted octanol–water partition coefficient (Wildman–Crippen LogP) is 0.395. The SMILES string of the molecule is O=c1c(O[C@H]2OC[C@H](O)[C@H](O)[C@H]2O)c(-c2ccc(O)cc2)oc2cc(O)cc(O)c12. The van der Waals surface area contributed by atoms with Gasteiger partial charge in [0.2, 0.25) is 17.5 Å². The van der Waals surface area contributed by atoms with Crippen LogP contribution in [0.2, 0.25) is 0 Å². The predicted molar refractivity (Wildman–Crippen MR) is 101 cm³/mol. The summed E-state index contributed by atoms with van der Waals surface area (Å²) in [5.41, 5.74) is -0.655. The Labute approximate surface area is 168 Å². The second kappa shape index (κ2) is 7.50. The molecule has 0 aliphatic carbocycles. The fraction of sp³-hybridized carbons (Fsp3) is 0.250. The Balaban J connectivity index is 1.90. The van der Waals surface area contributed by atoms with Gasteiger partial charge in [-0.25, -0.2) is 0 Å². The molecule has 4 rings (SSSR count). The van der Waals surface area contributed by atoms with Crippen LogP contribution in [-0.4, -0.2) is 61.8 Å². The molecule has 6 N–H and O–H groups in total. The average molecular weight is 418 g/mol. The molecule has 10 heteroatoms. The molecule has 4 atom stereocenters. The van der Waals surface area contributed by atoms with Gasteiger partial charge >= 0.3 is 0 Å². The normalized spacial score (nSPS) is 24.1. The van der Waals surface area contributed by atoms with Crippen molar-refractivity contribution in [3.05, 3.63) is 46.6 Å². The largest absolute Gasteiger partial charge is 0.508 e. The van der Waals surface area contributed by atoms with Crippen molar-refractivity contribution in [2.75, 3.05) is 6.61 Å². The van der Waals surface area contributed by atoms with Crippen molar-refractivity contribution in [1.29, 1.82) is 0 Å². The van der Waals surface area contributed by atoms with E-state index in [9.17, 15) is 35.4 Å². The van der Waals surface area contributed by atoms with Gasteiger partial charge in [-0.1, -0.05) is 0 Å². The number of phenolic OH excluding ortho intramolecular Hbond substituents is 3. The van der Waals surface area contributed by atoms with Crippen molar-refractivity contribution in [3.63, 3.8) is 0 Å². The van der Waals surface area contributed by atoms with Gasteiger partial charge in [-0.15, -0.1) is 0 Å². The van der Waals surface area contributed by atoms with Gasteiger partial charge in [-0.05, 0) is 24.3 Å². The Hall–Kier alpha value is -3.31. The first kappa shape index (κ1) is 20.0. The summed E-state index contributed by atoms with van der Waals surface area (Å²) in [6.07, 6.45) is -6.10. The minimum atomic E-state index is -1.68. The zero-order chi connectivity index (χ0) is 21.6. The van der Waals surface area contributed by atoms with E-state index >= 15 is 0 Å². The molecule has 1 fully saturated rings. The van der Waals surface area contributed by atoms with E-state index in [-0.39, 0.29) is 34.8 Å². The molecule has 1 saturated heterocycles. The molecule has 1 aliphatic heterocycles. The van der Waals surface area contributed by atoms with Crippen molar-refractivity contribution in [2.45, 2.75) is 24.6 Å². The lowest BCUT2D eigenvalue weighted by molar-refractivity contribution is -0.242. The summed E-state index contributed by atoms with van der Waals surface area (Å²) in [7, 11) is 0. The number of aliphatic hydroxyl groups is 3. The fourth-order valence-electron chi connectivity index (χ4n) is 3.18. The maximum Gasteiger partial charge on any atom is 0.239 e. The van der Waals surface area contributed by atoms with Crippen LogP contribution < -0.4 is 10.2 Å². The number of phenols is 3. The molecule has 0 amide bonds. The van der Waals surface area contributed by atoms with Gasteiger partial charge in [0.1, 0.15) is 46.5 Å². The molecule has 2 aromatic carbocycles. The summed E-state index contributed by atoms with van der Waals surface area (Å²) in [4.78, 5) is 13.1. The van der Waals surface area contributed by atoms with Crippen LogP contribution in [0.1, 0.15) is 0 Å². The second-order valence-electron chi connectivity index (χ2n) is 6.84. The van der Waals surface area contributed by atoms with Crippen molar-refractivity contribution in [1.82, 2.24) is 0 Å². The maximum absolute atomic E-state index is 13.1. The van der Waals surface area contributed by atoms with E-state index in [1.54, 1.807) is 0 Å². The monoisotopic (exact) mass is 418 g/mol. The van der Waals surface area contributed by atoms with Gasteiger partial charge < -0.3 is 44.5 Å². The summed E-state index contributed by atoms with van der Waals surface area (Å²) in [5, 5.41) is 58.7. The van der Waals surface area contributed by atoms with Crippen LogP contribution in [0.5, 0.6) is 23.0 Å².